The van der Waals surface area contributed by atoms with Crippen molar-refractivity contribution in [2.45, 2.75) is 23.8 Å². The first kappa shape index (κ1) is 15.3. The highest BCUT2D eigenvalue weighted by Crippen LogP contribution is 2.21. The summed E-state index contributed by atoms with van der Waals surface area (Å²) in [5, 5.41) is 0. The minimum absolute atomic E-state index is 0.136. The van der Waals surface area contributed by atoms with Gasteiger partial charge in [0, 0.05) is 26.4 Å². The van der Waals surface area contributed by atoms with Crippen LogP contribution < -0.4 is 5.73 Å². The van der Waals surface area contributed by atoms with Crippen molar-refractivity contribution in [1.82, 2.24) is 9.29 Å². The largest absolute Gasteiger partial charge is 0.388 e. The average molecular weight is 315 g/mol. The van der Waals surface area contributed by atoms with Crippen LogP contribution in [0.4, 0.5) is 0 Å². The molecule has 2 rings (SSSR count). The molecular weight excluding hydrogens is 298 g/mol. The van der Waals surface area contributed by atoms with E-state index in [-0.39, 0.29) is 16.0 Å². The van der Waals surface area contributed by atoms with Crippen molar-refractivity contribution in [1.29, 1.82) is 0 Å². The number of ether oxygens (including phenoxy) is 1. The molecule has 20 heavy (non-hydrogen) atoms. The van der Waals surface area contributed by atoms with E-state index in [9.17, 15) is 8.42 Å². The third-order valence-corrected chi connectivity index (χ3v) is 5.45. The molecule has 0 unspecified atom stereocenters. The van der Waals surface area contributed by atoms with Gasteiger partial charge in [0.2, 0.25) is 10.0 Å². The van der Waals surface area contributed by atoms with Crippen molar-refractivity contribution in [3.05, 3.63) is 24.0 Å². The van der Waals surface area contributed by atoms with Gasteiger partial charge in [0.1, 0.15) is 9.88 Å². The van der Waals surface area contributed by atoms with E-state index >= 15 is 0 Å². The van der Waals surface area contributed by atoms with E-state index in [0.29, 0.717) is 31.6 Å². The first-order valence-corrected chi connectivity index (χ1v) is 8.09. The molecular formula is C12H17N3O3S2. The van der Waals surface area contributed by atoms with Crippen LogP contribution in [0.2, 0.25) is 0 Å². The van der Waals surface area contributed by atoms with Gasteiger partial charge in [0.15, 0.2) is 0 Å². The lowest BCUT2D eigenvalue weighted by Gasteiger charge is -2.30. The summed E-state index contributed by atoms with van der Waals surface area (Å²) >= 11 is 4.79. The molecule has 0 radical (unpaired) electrons. The van der Waals surface area contributed by atoms with Crippen molar-refractivity contribution in [2.24, 2.45) is 5.73 Å². The smallest absolute Gasteiger partial charge is 0.244 e. The standard InChI is InChI=1S/C12H17N3O3S2/c1-18-9-4-6-15(7-5-9)20(16,17)10-2-3-11(12(13)19)14-8-10/h2-3,8-9H,4-7H2,1H3,(H2,13,19). The van der Waals surface area contributed by atoms with Crippen molar-refractivity contribution < 1.29 is 13.2 Å². The molecule has 1 aromatic heterocycles. The lowest BCUT2D eigenvalue weighted by atomic mass is 10.1. The van der Waals surface area contributed by atoms with Gasteiger partial charge >= 0.3 is 0 Å². The number of nitrogens with two attached hydrogens (primary N) is 1. The highest BCUT2D eigenvalue weighted by Gasteiger charge is 2.29. The van der Waals surface area contributed by atoms with E-state index in [1.165, 1.54) is 22.6 Å². The zero-order chi connectivity index (χ0) is 14.8. The van der Waals surface area contributed by atoms with Crippen LogP contribution in [0.3, 0.4) is 0 Å². The van der Waals surface area contributed by atoms with Gasteiger partial charge in [-0.2, -0.15) is 4.31 Å². The molecule has 8 heteroatoms. The minimum Gasteiger partial charge on any atom is -0.388 e. The third-order valence-electron chi connectivity index (χ3n) is 3.36. The number of aromatic nitrogens is 1. The van der Waals surface area contributed by atoms with E-state index in [1.54, 1.807) is 7.11 Å². The maximum absolute atomic E-state index is 12.4. The van der Waals surface area contributed by atoms with E-state index in [4.69, 9.17) is 22.7 Å². The van der Waals surface area contributed by atoms with Crippen LogP contribution in [0, 0.1) is 0 Å². The lowest BCUT2D eigenvalue weighted by molar-refractivity contribution is 0.0604. The van der Waals surface area contributed by atoms with Crippen LogP contribution in [-0.4, -0.2) is 49.0 Å². The van der Waals surface area contributed by atoms with Crippen LogP contribution in [0.15, 0.2) is 23.2 Å². The SMILES string of the molecule is COC1CCN(S(=O)(=O)c2ccc(C(N)=S)nc2)CC1. The molecule has 1 saturated heterocycles. The highest BCUT2D eigenvalue weighted by atomic mass is 32.2. The monoisotopic (exact) mass is 315 g/mol. The predicted octanol–water partition coefficient (Wildman–Crippen LogP) is 0.515. The number of rotatable bonds is 4. The summed E-state index contributed by atoms with van der Waals surface area (Å²) in [6, 6.07) is 3.01. The van der Waals surface area contributed by atoms with Gasteiger partial charge in [-0.15, -0.1) is 0 Å². The van der Waals surface area contributed by atoms with E-state index in [2.05, 4.69) is 4.98 Å². The number of nitrogens with zero attached hydrogens (tertiary/aromatic N) is 2. The Morgan fingerprint density at radius 2 is 2.10 bits per heavy atom. The molecule has 0 aliphatic carbocycles. The molecule has 1 aromatic rings. The molecule has 110 valence electrons. The predicted molar refractivity (Wildman–Crippen MR) is 78.9 cm³/mol. The molecule has 1 aliphatic heterocycles. The molecule has 1 fully saturated rings. The number of piperidine rings is 1. The van der Waals surface area contributed by atoms with Crippen molar-refractivity contribution in [3.8, 4) is 0 Å². The van der Waals surface area contributed by atoms with Gasteiger partial charge in [0.25, 0.3) is 0 Å². The Morgan fingerprint density at radius 3 is 2.55 bits per heavy atom. The fourth-order valence-electron chi connectivity index (χ4n) is 2.14. The summed E-state index contributed by atoms with van der Waals surface area (Å²) in [6.07, 6.45) is 2.84. The summed E-state index contributed by atoms with van der Waals surface area (Å²) in [6.45, 7) is 0.912. The van der Waals surface area contributed by atoms with Crippen LogP contribution in [-0.2, 0) is 14.8 Å². The Bertz CT molecular complexity index is 578. The van der Waals surface area contributed by atoms with Crippen LogP contribution in [0.5, 0.6) is 0 Å². The Hall–Kier alpha value is -1.09. The zero-order valence-electron chi connectivity index (χ0n) is 11.2. The molecule has 0 spiro atoms. The third kappa shape index (κ3) is 3.14. The first-order chi connectivity index (χ1) is 9.45. The van der Waals surface area contributed by atoms with E-state index in [1.807, 2.05) is 0 Å². The van der Waals surface area contributed by atoms with Crippen LogP contribution in [0.25, 0.3) is 0 Å². The number of hydrogen-bond acceptors (Lipinski definition) is 5. The lowest BCUT2D eigenvalue weighted by Crippen LogP contribution is -2.40. The second kappa shape index (κ2) is 6.13. The second-order valence-electron chi connectivity index (χ2n) is 4.58. The Labute approximate surface area is 124 Å². The van der Waals surface area contributed by atoms with Gasteiger partial charge in [-0.05, 0) is 25.0 Å². The number of hydrogen-bond donors (Lipinski definition) is 1. The fraction of sp³-hybridized carbons (Fsp3) is 0.500. The van der Waals surface area contributed by atoms with E-state index < -0.39 is 10.0 Å². The van der Waals surface area contributed by atoms with Crippen molar-refractivity contribution in [3.63, 3.8) is 0 Å². The number of methoxy groups -OCH3 is 1. The molecule has 0 saturated carbocycles. The van der Waals surface area contributed by atoms with Gasteiger partial charge in [-0.3, -0.25) is 4.98 Å². The average Bonchev–Trinajstić information content (AvgIpc) is 2.47. The first-order valence-electron chi connectivity index (χ1n) is 6.24. The molecule has 0 bridgehead atoms. The van der Waals surface area contributed by atoms with Crippen LogP contribution >= 0.6 is 12.2 Å². The number of sulfonamides is 1. The molecule has 2 N–H and O–H groups in total. The van der Waals surface area contributed by atoms with Crippen molar-refractivity contribution in [2.75, 3.05) is 20.2 Å². The van der Waals surface area contributed by atoms with E-state index in [0.717, 1.165) is 0 Å². The van der Waals surface area contributed by atoms with Crippen molar-refractivity contribution >= 4 is 27.2 Å². The quantitative estimate of drug-likeness (QED) is 0.815. The maximum atomic E-state index is 12.4. The molecule has 0 aromatic carbocycles. The number of pyridine rings is 1. The summed E-state index contributed by atoms with van der Waals surface area (Å²) in [4.78, 5) is 4.28. The second-order valence-corrected chi connectivity index (χ2v) is 6.96. The van der Waals surface area contributed by atoms with Gasteiger partial charge in [-0.25, -0.2) is 8.42 Å². The van der Waals surface area contributed by atoms with Gasteiger partial charge < -0.3 is 10.5 Å². The summed E-state index contributed by atoms with van der Waals surface area (Å²) < 4.78 is 31.6. The van der Waals surface area contributed by atoms with Gasteiger partial charge in [0.05, 0.1) is 11.8 Å². The molecule has 1 aliphatic rings. The Morgan fingerprint density at radius 1 is 1.45 bits per heavy atom. The fourth-order valence-corrected chi connectivity index (χ4v) is 3.67. The summed E-state index contributed by atoms with van der Waals surface area (Å²) in [5.74, 6) is 0. The summed E-state index contributed by atoms with van der Waals surface area (Å²) in [7, 11) is -1.86. The summed E-state index contributed by atoms with van der Waals surface area (Å²) in [5.41, 5.74) is 5.86. The molecule has 0 amide bonds. The van der Waals surface area contributed by atoms with Gasteiger partial charge in [-0.1, -0.05) is 12.2 Å². The maximum Gasteiger partial charge on any atom is 0.244 e. The molecule has 0 atom stereocenters. The van der Waals surface area contributed by atoms with Crippen LogP contribution in [0.1, 0.15) is 18.5 Å². The Kier molecular flexibility index (Phi) is 4.69. The Balaban J connectivity index is 2.16. The number of thiocarbonyl (C=S) groups is 1. The molecule has 2 heterocycles. The minimum atomic E-state index is -3.50. The topological polar surface area (TPSA) is 85.5 Å². The highest BCUT2D eigenvalue weighted by molar-refractivity contribution is 7.89. The zero-order valence-corrected chi connectivity index (χ0v) is 12.8. The normalized spacial score (nSPS) is 18.1. The molecule has 6 nitrogen and oxygen atoms in total.